The Morgan fingerprint density at radius 1 is 0.958 bits per heavy atom. The second-order valence-electron chi connectivity index (χ2n) is 5.06. The van der Waals surface area contributed by atoms with Crippen molar-refractivity contribution in [1.82, 2.24) is 10.6 Å². The van der Waals surface area contributed by atoms with Crippen LogP contribution < -0.4 is 10.6 Å². The first-order valence-corrected chi connectivity index (χ1v) is 10.4. The molecule has 8 heteroatoms. The summed E-state index contributed by atoms with van der Waals surface area (Å²) in [5.74, 6) is 0.512. The topological polar surface area (TPSA) is 84.5 Å². The van der Waals surface area contributed by atoms with Crippen LogP contribution in [0.5, 0.6) is 0 Å². The summed E-state index contributed by atoms with van der Waals surface area (Å²) in [5.41, 5.74) is 0. The van der Waals surface area contributed by atoms with E-state index in [2.05, 4.69) is 10.6 Å². The molecule has 0 heterocycles. The third-order valence-corrected chi connectivity index (χ3v) is 5.06. The molecule has 0 fully saturated rings. The van der Waals surface area contributed by atoms with Gasteiger partial charge in [0.1, 0.15) is 0 Å². The van der Waals surface area contributed by atoms with Gasteiger partial charge in [-0.05, 0) is 40.0 Å². The number of ether oxygens (including phenoxy) is 1. The van der Waals surface area contributed by atoms with Gasteiger partial charge in [-0.2, -0.15) is 0 Å². The summed E-state index contributed by atoms with van der Waals surface area (Å²) < 4.78 is 4.90. The number of carbonyl (C=O) groups is 3. The highest BCUT2D eigenvalue weighted by Crippen LogP contribution is 2.24. The van der Waals surface area contributed by atoms with Crippen molar-refractivity contribution in [3.05, 3.63) is 0 Å². The molecule has 0 aromatic carbocycles. The number of nitrogens with one attached hydrogen (secondary N) is 2. The Bertz CT molecular complexity index is 381. The minimum Gasteiger partial charge on any atom is -0.466 e. The Morgan fingerprint density at radius 2 is 1.62 bits per heavy atom. The maximum atomic E-state index is 11.8. The molecular weight excluding hydrogens is 348 g/mol. The fourth-order valence-electron chi connectivity index (χ4n) is 1.95. The predicted molar refractivity (Wildman–Crippen MR) is 102 cm³/mol. The summed E-state index contributed by atoms with van der Waals surface area (Å²) in [4.78, 5) is 34.6. The second-order valence-corrected chi connectivity index (χ2v) is 7.40. The van der Waals surface area contributed by atoms with Gasteiger partial charge in [-0.15, -0.1) is 0 Å². The molecule has 140 valence electrons. The third-order valence-electron chi connectivity index (χ3n) is 3.05. The number of unbranched alkanes of at least 4 members (excludes halogenated alkanes) is 1. The molecule has 2 N–H and O–H groups in total. The maximum Gasteiger partial charge on any atom is 0.305 e. The minimum absolute atomic E-state index is 0.0263. The lowest BCUT2D eigenvalue weighted by Gasteiger charge is -2.15. The fraction of sp³-hybridized carbons (Fsp3) is 0.812. The highest BCUT2D eigenvalue weighted by Gasteiger charge is 2.15. The van der Waals surface area contributed by atoms with Crippen LogP contribution in [0.2, 0.25) is 0 Å². The molecule has 0 aliphatic rings. The number of hydrogen-bond acceptors (Lipinski definition) is 6. The monoisotopic (exact) mass is 378 g/mol. The Morgan fingerprint density at radius 3 is 2.25 bits per heavy atom. The van der Waals surface area contributed by atoms with Gasteiger partial charge in [-0.25, -0.2) is 0 Å². The van der Waals surface area contributed by atoms with Gasteiger partial charge in [0.2, 0.25) is 0 Å². The van der Waals surface area contributed by atoms with E-state index in [-0.39, 0.29) is 21.7 Å². The lowest BCUT2D eigenvalue weighted by atomic mass is 10.1. The van der Waals surface area contributed by atoms with Gasteiger partial charge in [0.15, 0.2) is 0 Å². The van der Waals surface area contributed by atoms with Crippen molar-refractivity contribution in [1.29, 1.82) is 0 Å². The van der Waals surface area contributed by atoms with E-state index < -0.39 is 0 Å². The minimum atomic E-state index is -0.169. The summed E-state index contributed by atoms with van der Waals surface area (Å²) in [6.07, 6.45) is 3.66. The third kappa shape index (κ3) is 13.5. The van der Waals surface area contributed by atoms with Gasteiger partial charge in [0.05, 0.1) is 6.61 Å². The number of hydrogen-bond donors (Lipinski definition) is 2. The zero-order valence-corrected chi connectivity index (χ0v) is 16.5. The van der Waals surface area contributed by atoms with Gasteiger partial charge < -0.3 is 15.4 Å². The van der Waals surface area contributed by atoms with Crippen LogP contribution in [0, 0.1) is 0 Å². The van der Waals surface area contributed by atoms with Gasteiger partial charge >= 0.3 is 5.97 Å². The molecule has 0 aromatic rings. The van der Waals surface area contributed by atoms with Crippen molar-refractivity contribution in [3.63, 3.8) is 0 Å². The van der Waals surface area contributed by atoms with Crippen molar-refractivity contribution in [3.8, 4) is 0 Å². The van der Waals surface area contributed by atoms with E-state index in [4.69, 9.17) is 4.74 Å². The molecule has 0 saturated heterocycles. The lowest BCUT2D eigenvalue weighted by Crippen LogP contribution is -2.22. The van der Waals surface area contributed by atoms with Crippen LogP contribution in [0.15, 0.2) is 0 Å². The molecule has 0 bridgehead atoms. The van der Waals surface area contributed by atoms with Crippen LogP contribution in [0.1, 0.15) is 52.9 Å². The quantitative estimate of drug-likeness (QED) is 0.397. The Hall–Kier alpha value is -0.890. The SMILES string of the molecule is CCNC(=O)SCCC(CCCCC(=O)OCC)SC(=O)NCC. The molecule has 24 heavy (non-hydrogen) atoms. The molecule has 0 aromatic heterocycles. The summed E-state index contributed by atoms with van der Waals surface area (Å²) in [7, 11) is 0. The van der Waals surface area contributed by atoms with E-state index in [1.165, 1.54) is 23.5 Å². The summed E-state index contributed by atoms with van der Waals surface area (Å²) >= 11 is 2.54. The number of rotatable bonds is 12. The first-order valence-electron chi connectivity index (χ1n) is 8.54. The van der Waals surface area contributed by atoms with Gasteiger partial charge in [0, 0.05) is 30.5 Å². The Kier molecular flexibility index (Phi) is 15.0. The van der Waals surface area contributed by atoms with Crippen LogP contribution in [0.25, 0.3) is 0 Å². The fourth-order valence-corrected chi connectivity index (χ4v) is 3.99. The standard InChI is InChI=1S/C16H30N2O4S2/c1-4-17-15(20)23-12-11-13(24-16(21)18-5-2)9-7-8-10-14(19)22-6-3/h13H,4-12H2,1-3H3,(H,17,20)(H,18,21). The molecule has 0 saturated carbocycles. The summed E-state index contributed by atoms with van der Waals surface area (Å²) in [5, 5.41) is 5.62. The predicted octanol–water partition coefficient (Wildman–Crippen LogP) is 3.79. The van der Waals surface area contributed by atoms with Crippen molar-refractivity contribution >= 4 is 40.0 Å². The van der Waals surface area contributed by atoms with E-state index >= 15 is 0 Å². The number of carbonyl (C=O) groups excluding carboxylic acids is 3. The van der Waals surface area contributed by atoms with Gasteiger partial charge in [0.25, 0.3) is 10.5 Å². The van der Waals surface area contributed by atoms with Gasteiger partial charge in [-0.1, -0.05) is 29.9 Å². The van der Waals surface area contributed by atoms with E-state index in [9.17, 15) is 14.4 Å². The van der Waals surface area contributed by atoms with Gasteiger partial charge in [-0.3, -0.25) is 14.4 Å². The average Bonchev–Trinajstić information content (AvgIpc) is 2.52. The average molecular weight is 379 g/mol. The number of thioether (sulfide) groups is 2. The molecule has 0 aliphatic heterocycles. The Balaban J connectivity index is 4.15. The smallest absolute Gasteiger partial charge is 0.305 e. The van der Waals surface area contributed by atoms with Crippen LogP contribution in [0.3, 0.4) is 0 Å². The molecule has 1 unspecified atom stereocenters. The van der Waals surface area contributed by atoms with Crippen molar-refractivity contribution in [2.75, 3.05) is 25.4 Å². The maximum absolute atomic E-state index is 11.8. The number of esters is 1. The molecule has 0 radical (unpaired) electrons. The van der Waals surface area contributed by atoms with Crippen molar-refractivity contribution in [2.24, 2.45) is 0 Å². The highest BCUT2D eigenvalue weighted by molar-refractivity contribution is 8.14. The molecule has 0 aliphatic carbocycles. The van der Waals surface area contributed by atoms with E-state index in [0.29, 0.717) is 31.9 Å². The molecule has 2 amide bonds. The van der Waals surface area contributed by atoms with Crippen LogP contribution >= 0.6 is 23.5 Å². The van der Waals surface area contributed by atoms with Crippen LogP contribution in [0.4, 0.5) is 9.59 Å². The molecule has 1 atom stereocenters. The second kappa shape index (κ2) is 15.6. The van der Waals surface area contributed by atoms with Crippen molar-refractivity contribution in [2.45, 2.75) is 58.1 Å². The first-order chi connectivity index (χ1) is 11.5. The molecule has 0 rings (SSSR count). The normalized spacial score (nSPS) is 11.6. The number of amides is 2. The summed E-state index contributed by atoms with van der Waals surface area (Å²) in [6, 6.07) is 0. The Labute approximate surface area is 153 Å². The van der Waals surface area contributed by atoms with Crippen LogP contribution in [-0.4, -0.2) is 47.1 Å². The molecular formula is C16H30N2O4S2. The molecule has 6 nitrogen and oxygen atoms in total. The lowest BCUT2D eigenvalue weighted by molar-refractivity contribution is -0.143. The molecule has 0 spiro atoms. The summed E-state index contributed by atoms with van der Waals surface area (Å²) in [6.45, 7) is 7.20. The van der Waals surface area contributed by atoms with Crippen molar-refractivity contribution < 1.29 is 19.1 Å². The zero-order chi connectivity index (χ0) is 18.2. The largest absolute Gasteiger partial charge is 0.466 e. The van der Waals surface area contributed by atoms with Crippen LogP contribution in [-0.2, 0) is 9.53 Å². The van der Waals surface area contributed by atoms with E-state index in [1.54, 1.807) is 6.92 Å². The highest BCUT2D eigenvalue weighted by atomic mass is 32.2. The first kappa shape index (κ1) is 23.1. The van der Waals surface area contributed by atoms with E-state index in [0.717, 1.165) is 25.7 Å². The zero-order valence-electron chi connectivity index (χ0n) is 14.9. The van der Waals surface area contributed by atoms with E-state index in [1.807, 2.05) is 13.8 Å².